The third kappa shape index (κ3) is 2.60. The van der Waals surface area contributed by atoms with Crippen LogP contribution in [0, 0.1) is 11.8 Å². The van der Waals surface area contributed by atoms with Crippen LogP contribution in [-0.2, 0) is 4.74 Å². The van der Waals surface area contributed by atoms with E-state index in [1.807, 2.05) is 12.1 Å². The Hall–Kier alpha value is -1.71. The number of anilines is 2. The van der Waals surface area contributed by atoms with Gasteiger partial charge in [-0.15, -0.1) is 0 Å². The second kappa shape index (κ2) is 5.73. The van der Waals surface area contributed by atoms with Crippen molar-refractivity contribution in [1.29, 1.82) is 0 Å². The number of rotatable bonds is 2. The average Bonchev–Trinajstić information content (AvgIpc) is 2.42. The molecular weight excluding hydrogens is 252 g/mol. The van der Waals surface area contributed by atoms with E-state index in [4.69, 9.17) is 10.5 Å². The highest BCUT2D eigenvalue weighted by Gasteiger charge is 2.30. The number of nitrogen functional groups attached to an aromatic ring is 1. The SMILES string of the molecule is COC(=O)c1cccc(N2CC(C)CC(C)C2C)c1N. The van der Waals surface area contributed by atoms with Crippen LogP contribution in [0.1, 0.15) is 37.6 Å². The highest BCUT2D eigenvalue weighted by Crippen LogP contribution is 2.35. The number of hydrogen-bond donors (Lipinski definition) is 1. The largest absolute Gasteiger partial charge is 0.465 e. The standard InChI is InChI=1S/C16H24N2O2/c1-10-8-11(2)12(3)18(9-10)14-7-5-6-13(15(14)17)16(19)20-4/h5-7,10-12H,8-9,17H2,1-4H3. The maximum atomic E-state index is 11.8. The summed E-state index contributed by atoms with van der Waals surface area (Å²) in [6.07, 6.45) is 1.23. The lowest BCUT2D eigenvalue weighted by Crippen LogP contribution is -2.46. The van der Waals surface area contributed by atoms with Crippen LogP contribution in [0.4, 0.5) is 11.4 Å². The predicted octanol–water partition coefficient (Wildman–Crippen LogP) is 2.93. The highest BCUT2D eigenvalue weighted by atomic mass is 16.5. The number of methoxy groups -OCH3 is 1. The van der Waals surface area contributed by atoms with E-state index in [0.29, 0.717) is 29.1 Å². The second-order valence-corrected chi connectivity index (χ2v) is 5.94. The number of piperidine rings is 1. The number of carbonyl (C=O) groups excluding carboxylic acids is 1. The van der Waals surface area contributed by atoms with E-state index < -0.39 is 0 Å². The fraction of sp³-hybridized carbons (Fsp3) is 0.562. The van der Waals surface area contributed by atoms with Gasteiger partial charge in [-0.2, -0.15) is 0 Å². The van der Waals surface area contributed by atoms with Crippen LogP contribution in [0.5, 0.6) is 0 Å². The Balaban J connectivity index is 2.39. The minimum atomic E-state index is -0.380. The molecule has 3 atom stereocenters. The fourth-order valence-corrected chi connectivity index (χ4v) is 3.12. The van der Waals surface area contributed by atoms with E-state index in [-0.39, 0.29) is 5.97 Å². The van der Waals surface area contributed by atoms with E-state index in [9.17, 15) is 4.79 Å². The molecule has 1 aliphatic rings. The number of hydrogen-bond acceptors (Lipinski definition) is 4. The van der Waals surface area contributed by atoms with Crippen LogP contribution < -0.4 is 10.6 Å². The van der Waals surface area contributed by atoms with Gasteiger partial charge in [0.1, 0.15) is 0 Å². The summed E-state index contributed by atoms with van der Waals surface area (Å²) in [5.41, 5.74) is 8.11. The first-order valence-electron chi connectivity index (χ1n) is 7.19. The van der Waals surface area contributed by atoms with Gasteiger partial charge in [0.15, 0.2) is 0 Å². The topological polar surface area (TPSA) is 55.6 Å². The number of para-hydroxylation sites is 1. The molecule has 0 spiro atoms. The van der Waals surface area contributed by atoms with Gasteiger partial charge in [-0.05, 0) is 37.3 Å². The lowest BCUT2D eigenvalue weighted by molar-refractivity contribution is 0.0602. The molecule has 0 aromatic heterocycles. The number of esters is 1. The predicted molar refractivity (Wildman–Crippen MR) is 81.9 cm³/mol. The summed E-state index contributed by atoms with van der Waals surface area (Å²) < 4.78 is 4.79. The molecule has 1 saturated heterocycles. The number of nitrogens with zero attached hydrogens (tertiary/aromatic N) is 1. The zero-order valence-electron chi connectivity index (χ0n) is 12.7. The van der Waals surface area contributed by atoms with Crippen molar-refractivity contribution in [2.45, 2.75) is 33.2 Å². The van der Waals surface area contributed by atoms with Crippen molar-refractivity contribution >= 4 is 17.3 Å². The molecule has 0 bridgehead atoms. The molecule has 4 heteroatoms. The van der Waals surface area contributed by atoms with Crippen LogP contribution in [0.15, 0.2) is 18.2 Å². The number of carbonyl (C=O) groups is 1. The van der Waals surface area contributed by atoms with Crippen molar-refractivity contribution in [2.75, 3.05) is 24.3 Å². The summed E-state index contributed by atoms with van der Waals surface area (Å²) in [6, 6.07) is 5.99. The summed E-state index contributed by atoms with van der Waals surface area (Å²) in [6.45, 7) is 7.73. The van der Waals surface area contributed by atoms with E-state index in [2.05, 4.69) is 25.7 Å². The summed E-state index contributed by atoms with van der Waals surface area (Å²) in [7, 11) is 1.38. The average molecular weight is 276 g/mol. The zero-order chi connectivity index (χ0) is 14.9. The first kappa shape index (κ1) is 14.7. The van der Waals surface area contributed by atoms with Crippen molar-refractivity contribution in [3.05, 3.63) is 23.8 Å². The van der Waals surface area contributed by atoms with Gasteiger partial charge in [-0.1, -0.05) is 19.9 Å². The Kier molecular flexibility index (Phi) is 4.21. The molecule has 3 unspecified atom stereocenters. The van der Waals surface area contributed by atoms with Crippen LogP contribution >= 0.6 is 0 Å². The van der Waals surface area contributed by atoms with Crippen molar-refractivity contribution in [1.82, 2.24) is 0 Å². The molecule has 1 fully saturated rings. The molecule has 1 aromatic rings. The van der Waals surface area contributed by atoms with E-state index in [1.54, 1.807) is 6.07 Å². The molecule has 0 aliphatic carbocycles. The molecule has 20 heavy (non-hydrogen) atoms. The molecular formula is C16H24N2O2. The first-order valence-corrected chi connectivity index (χ1v) is 7.19. The molecule has 4 nitrogen and oxygen atoms in total. The van der Waals surface area contributed by atoms with Gasteiger partial charge in [0, 0.05) is 12.6 Å². The highest BCUT2D eigenvalue weighted by molar-refractivity contribution is 5.98. The van der Waals surface area contributed by atoms with Crippen molar-refractivity contribution in [2.24, 2.45) is 11.8 Å². The lowest BCUT2D eigenvalue weighted by atomic mass is 9.85. The van der Waals surface area contributed by atoms with Crippen LogP contribution in [0.25, 0.3) is 0 Å². The Morgan fingerprint density at radius 1 is 1.35 bits per heavy atom. The lowest BCUT2D eigenvalue weighted by Gasteiger charge is -2.43. The molecule has 0 radical (unpaired) electrons. The van der Waals surface area contributed by atoms with Crippen molar-refractivity contribution in [3.8, 4) is 0 Å². The molecule has 110 valence electrons. The quantitative estimate of drug-likeness (QED) is 0.666. The van der Waals surface area contributed by atoms with Crippen molar-refractivity contribution in [3.63, 3.8) is 0 Å². The van der Waals surface area contributed by atoms with E-state index in [0.717, 1.165) is 12.2 Å². The van der Waals surface area contributed by atoms with Crippen LogP contribution in [0.3, 0.4) is 0 Å². The smallest absolute Gasteiger partial charge is 0.340 e. The third-order valence-corrected chi connectivity index (χ3v) is 4.40. The normalized spacial score (nSPS) is 26.4. The minimum absolute atomic E-state index is 0.380. The summed E-state index contributed by atoms with van der Waals surface area (Å²) in [5.74, 6) is 0.859. The number of ether oxygens (including phenoxy) is 1. The van der Waals surface area contributed by atoms with Gasteiger partial charge in [-0.25, -0.2) is 4.79 Å². The first-order chi connectivity index (χ1) is 9.45. The Labute approximate surface area is 120 Å². The number of benzene rings is 1. The molecule has 2 rings (SSSR count). The molecule has 0 saturated carbocycles. The van der Waals surface area contributed by atoms with Crippen molar-refractivity contribution < 1.29 is 9.53 Å². The molecule has 2 N–H and O–H groups in total. The van der Waals surface area contributed by atoms with E-state index >= 15 is 0 Å². The van der Waals surface area contributed by atoms with Gasteiger partial charge < -0.3 is 15.4 Å². The van der Waals surface area contributed by atoms with Crippen LogP contribution in [-0.4, -0.2) is 25.7 Å². The maximum Gasteiger partial charge on any atom is 0.340 e. The minimum Gasteiger partial charge on any atom is -0.465 e. The van der Waals surface area contributed by atoms with Gasteiger partial charge in [-0.3, -0.25) is 0 Å². The van der Waals surface area contributed by atoms with E-state index in [1.165, 1.54) is 13.5 Å². The Bertz CT molecular complexity index is 501. The van der Waals surface area contributed by atoms with Gasteiger partial charge in [0.25, 0.3) is 0 Å². The molecule has 1 aliphatic heterocycles. The summed E-state index contributed by atoms with van der Waals surface area (Å²) in [5, 5.41) is 0. The van der Waals surface area contributed by atoms with Crippen LogP contribution in [0.2, 0.25) is 0 Å². The second-order valence-electron chi connectivity index (χ2n) is 5.94. The third-order valence-electron chi connectivity index (χ3n) is 4.40. The monoisotopic (exact) mass is 276 g/mol. The Morgan fingerprint density at radius 3 is 2.70 bits per heavy atom. The summed E-state index contributed by atoms with van der Waals surface area (Å²) in [4.78, 5) is 14.1. The number of nitrogens with two attached hydrogens (primary N) is 1. The molecule has 0 amide bonds. The Morgan fingerprint density at radius 2 is 2.05 bits per heavy atom. The molecule has 1 heterocycles. The van der Waals surface area contributed by atoms with Gasteiger partial charge in [0.05, 0.1) is 24.0 Å². The zero-order valence-corrected chi connectivity index (χ0v) is 12.7. The summed E-state index contributed by atoms with van der Waals surface area (Å²) >= 11 is 0. The maximum absolute atomic E-state index is 11.8. The van der Waals surface area contributed by atoms with Gasteiger partial charge in [0.2, 0.25) is 0 Å². The van der Waals surface area contributed by atoms with Gasteiger partial charge >= 0.3 is 5.97 Å². The molecule has 1 aromatic carbocycles. The fourth-order valence-electron chi connectivity index (χ4n) is 3.12.